The van der Waals surface area contributed by atoms with Crippen molar-refractivity contribution in [1.29, 1.82) is 0 Å². The molecule has 0 spiro atoms. The van der Waals surface area contributed by atoms with Crippen LogP contribution in [0.15, 0.2) is 24.3 Å². The van der Waals surface area contributed by atoms with Crippen LogP contribution in [-0.2, 0) is 24.5 Å². The van der Waals surface area contributed by atoms with Crippen LogP contribution in [0, 0.1) is 5.82 Å². The van der Waals surface area contributed by atoms with Gasteiger partial charge in [0.1, 0.15) is 5.82 Å². The molecule has 0 unspecified atom stereocenters. The van der Waals surface area contributed by atoms with E-state index in [0.29, 0.717) is 25.4 Å². The van der Waals surface area contributed by atoms with E-state index < -0.39 is 0 Å². The molecule has 88 valence electrons. The largest absolute Gasteiger partial charge is 0.370 e. The van der Waals surface area contributed by atoms with E-state index in [2.05, 4.69) is 5.10 Å². The Balaban J connectivity index is 2.15. The minimum atomic E-state index is -0.278. The van der Waals surface area contributed by atoms with Gasteiger partial charge in [0.25, 0.3) is 0 Å². The third kappa shape index (κ3) is 1.64. The summed E-state index contributed by atoms with van der Waals surface area (Å²) in [5, 5.41) is 4.41. The van der Waals surface area contributed by atoms with Crippen LogP contribution in [0.4, 0.5) is 4.39 Å². The number of nitrogens with zero attached hydrogens (tertiary/aromatic N) is 2. The maximum Gasteiger partial charge on any atom is 0.125 e. The Kier molecular flexibility index (Phi) is 2.42. The van der Waals surface area contributed by atoms with E-state index in [1.807, 2.05) is 6.07 Å². The maximum absolute atomic E-state index is 13.2. The van der Waals surface area contributed by atoms with Gasteiger partial charge in [-0.3, -0.25) is 0 Å². The SMILES string of the molecule is NCc1nn(-c2cccc(F)c2)c2c1COC2. The van der Waals surface area contributed by atoms with E-state index >= 15 is 0 Å². The first-order valence-electron chi connectivity index (χ1n) is 5.43. The summed E-state index contributed by atoms with van der Waals surface area (Å²) in [5.74, 6) is -0.278. The molecule has 2 N–H and O–H groups in total. The molecule has 0 saturated heterocycles. The Morgan fingerprint density at radius 1 is 1.41 bits per heavy atom. The standard InChI is InChI=1S/C12H12FN3O/c13-8-2-1-3-9(4-8)16-12-7-17-6-10(12)11(5-14)15-16/h1-4H,5-7,14H2. The van der Waals surface area contributed by atoms with Crippen LogP contribution in [0.1, 0.15) is 17.0 Å². The fourth-order valence-corrected chi connectivity index (χ4v) is 2.09. The van der Waals surface area contributed by atoms with Gasteiger partial charge in [0.05, 0.1) is 30.3 Å². The smallest absolute Gasteiger partial charge is 0.125 e. The van der Waals surface area contributed by atoms with Crippen molar-refractivity contribution in [3.8, 4) is 5.69 Å². The third-order valence-corrected chi connectivity index (χ3v) is 2.90. The van der Waals surface area contributed by atoms with Crippen LogP contribution < -0.4 is 5.73 Å². The minimum absolute atomic E-state index is 0.278. The normalized spacial score (nSPS) is 14.0. The lowest BCUT2D eigenvalue weighted by Gasteiger charge is -2.04. The molecule has 1 aromatic carbocycles. The van der Waals surface area contributed by atoms with Crippen LogP contribution in [0.2, 0.25) is 0 Å². The van der Waals surface area contributed by atoms with Gasteiger partial charge in [0, 0.05) is 12.1 Å². The van der Waals surface area contributed by atoms with Gasteiger partial charge in [-0.2, -0.15) is 5.10 Å². The van der Waals surface area contributed by atoms with E-state index in [4.69, 9.17) is 10.5 Å². The molecule has 17 heavy (non-hydrogen) atoms. The third-order valence-electron chi connectivity index (χ3n) is 2.90. The number of nitrogens with two attached hydrogens (primary N) is 1. The number of aromatic nitrogens is 2. The molecule has 3 rings (SSSR count). The van der Waals surface area contributed by atoms with Crippen molar-refractivity contribution >= 4 is 0 Å². The van der Waals surface area contributed by atoms with Crippen LogP contribution in [0.5, 0.6) is 0 Å². The Hall–Kier alpha value is -1.72. The first-order valence-corrected chi connectivity index (χ1v) is 5.43. The molecular weight excluding hydrogens is 221 g/mol. The van der Waals surface area contributed by atoms with E-state index in [1.54, 1.807) is 10.7 Å². The quantitative estimate of drug-likeness (QED) is 0.855. The predicted molar refractivity (Wildman–Crippen MR) is 59.9 cm³/mol. The highest BCUT2D eigenvalue weighted by molar-refractivity contribution is 5.38. The number of ether oxygens (including phenoxy) is 1. The molecule has 1 aromatic heterocycles. The van der Waals surface area contributed by atoms with Crippen LogP contribution in [0.3, 0.4) is 0 Å². The Morgan fingerprint density at radius 2 is 2.29 bits per heavy atom. The second-order valence-corrected chi connectivity index (χ2v) is 3.96. The number of hydrogen-bond acceptors (Lipinski definition) is 3. The van der Waals surface area contributed by atoms with E-state index in [0.717, 1.165) is 17.0 Å². The fraction of sp³-hybridized carbons (Fsp3) is 0.250. The summed E-state index contributed by atoms with van der Waals surface area (Å²) in [4.78, 5) is 0. The molecule has 5 heteroatoms. The van der Waals surface area contributed by atoms with Crippen molar-refractivity contribution < 1.29 is 9.13 Å². The summed E-state index contributed by atoms with van der Waals surface area (Å²) >= 11 is 0. The molecule has 1 aliphatic heterocycles. The first-order chi connectivity index (χ1) is 8.29. The Morgan fingerprint density at radius 3 is 3.06 bits per heavy atom. The van der Waals surface area contributed by atoms with Crippen LogP contribution in [0.25, 0.3) is 5.69 Å². The molecule has 4 nitrogen and oxygen atoms in total. The average Bonchev–Trinajstić information content (AvgIpc) is 2.89. The zero-order valence-electron chi connectivity index (χ0n) is 9.19. The summed E-state index contributed by atoms with van der Waals surface area (Å²) in [7, 11) is 0. The predicted octanol–water partition coefficient (Wildman–Crippen LogP) is 1.50. The molecule has 0 radical (unpaired) electrons. The molecule has 0 fully saturated rings. The molecule has 2 aromatic rings. The Labute approximate surface area is 97.8 Å². The van der Waals surface area contributed by atoms with Crippen LogP contribution in [-0.4, -0.2) is 9.78 Å². The molecule has 0 atom stereocenters. The van der Waals surface area contributed by atoms with Crippen molar-refractivity contribution in [3.63, 3.8) is 0 Å². The van der Waals surface area contributed by atoms with E-state index in [1.165, 1.54) is 12.1 Å². The summed E-state index contributed by atoms with van der Waals surface area (Å²) in [6.07, 6.45) is 0. The lowest BCUT2D eigenvalue weighted by Crippen LogP contribution is -2.04. The highest BCUT2D eigenvalue weighted by Gasteiger charge is 2.22. The van der Waals surface area contributed by atoms with Gasteiger partial charge in [-0.15, -0.1) is 0 Å². The highest BCUT2D eigenvalue weighted by atomic mass is 19.1. The summed E-state index contributed by atoms with van der Waals surface area (Å²) in [6, 6.07) is 6.34. The number of benzene rings is 1. The van der Waals surface area contributed by atoms with Crippen molar-refractivity contribution in [2.24, 2.45) is 5.73 Å². The molecule has 0 bridgehead atoms. The minimum Gasteiger partial charge on any atom is -0.370 e. The van der Waals surface area contributed by atoms with Crippen molar-refractivity contribution in [3.05, 3.63) is 47.0 Å². The molecule has 0 saturated carbocycles. The average molecular weight is 233 g/mol. The van der Waals surface area contributed by atoms with Gasteiger partial charge >= 0.3 is 0 Å². The van der Waals surface area contributed by atoms with E-state index in [9.17, 15) is 4.39 Å². The molecule has 1 aliphatic rings. The molecule has 2 heterocycles. The zero-order valence-corrected chi connectivity index (χ0v) is 9.19. The lowest BCUT2D eigenvalue weighted by atomic mass is 10.2. The number of halogens is 1. The fourth-order valence-electron chi connectivity index (χ4n) is 2.09. The van der Waals surface area contributed by atoms with Crippen molar-refractivity contribution in [2.45, 2.75) is 19.8 Å². The second kappa shape index (κ2) is 3.94. The number of rotatable bonds is 2. The van der Waals surface area contributed by atoms with Gasteiger partial charge in [0.2, 0.25) is 0 Å². The highest BCUT2D eigenvalue weighted by Crippen LogP contribution is 2.26. The molecule has 0 aliphatic carbocycles. The van der Waals surface area contributed by atoms with Gasteiger partial charge in [0.15, 0.2) is 0 Å². The first kappa shape index (κ1) is 10.4. The zero-order chi connectivity index (χ0) is 11.8. The van der Waals surface area contributed by atoms with Crippen molar-refractivity contribution in [1.82, 2.24) is 9.78 Å². The summed E-state index contributed by atoms with van der Waals surface area (Å²) < 4.78 is 20.3. The number of hydrogen-bond donors (Lipinski definition) is 1. The monoisotopic (exact) mass is 233 g/mol. The van der Waals surface area contributed by atoms with Gasteiger partial charge < -0.3 is 10.5 Å². The molecular formula is C12H12FN3O. The Bertz CT molecular complexity index is 565. The maximum atomic E-state index is 13.2. The topological polar surface area (TPSA) is 53.1 Å². The second-order valence-electron chi connectivity index (χ2n) is 3.96. The lowest BCUT2D eigenvalue weighted by molar-refractivity contribution is 0.130. The number of fused-ring (bicyclic) bond motifs is 1. The van der Waals surface area contributed by atoms with Gasteiger partial charge in [-0.25, -0.2) is 9.07 Å². The summed E-state index contributed by atoms with van der Waals surface area (Å²) in [5.41, 5.74) is 9.17. The summed E-state index contributed by atoms with van der Waals surface area (Å²) in [6.45, 7) is 1.41. The van der Waals surface area contributed by atoms with E-state index in [-0.39, 0.29) is 5.82 Å². The van der Waals surface area contributed by atoms with Gasteiger partial charge in [-0.05, 0) is 18.2 Å². The van der Waals surface area contributed by atoms with Gasteiger partial charge in [-0.1, -0.05) is 6.07 Å². The van der Waals surface area contributed by atoms with Crippen LogP contribution >= 0.6 is 0 Å². The molecule has 0 amide bonds. The van der Waals surface area contributed by atoms with Crippen molar-refractivity contribution in [2.75, 3.05) is 0 Å².